The third-order valence-corrected chi connectivity index (χ3v) is 4.23. The molecule has 0 aliphatic rings. The predicted octanol–water partition coefficient (Wildman–Crippen LogP) is 4.22. The third-order valence-electron chi connectivity index (χ3n) is 2.53. The predicted molar refractivity (Wildman–Crippen MR) is 80.4 cm³/mol. The van der Waals surface area contributed by atoms with Crippen LogP contribution < -0.4 is 5.32 Å². The highest BCUT2D eigenvalue weighted by Gasteiger charge is 2.19. The normalized spacial score (nSPS) is 10.3. The Hall–Kier alpha value is -1.56. The third kappa shape index (κ3) is 2.95. The van der Waals surface area contributed by atoms with Crippen molar-refractivity contribution >= 4 is 51.9 Å². The van der Waals surface area contributed by atoms with Crippen LogP contribution in [-0.2, 0) is 0 Å². The number of Topliss-reactive ketones (excluding diaryl/α,β-unsaturated/α-hetero) is 1. The number of halogens is 2. The molecular formula is C13H9Cl2NO3S. The number of rotatable bonds is 3. The van der Waals surface area contributed by atoms with E-state index in [1.165, 1.54) is 18.4 Å². The van der Waals surface area contributed by atoms with Crippen LogP contribution in [0.15, 0.2) is 23.6 Å². The van der Waals surface area contributed by atoms with Gasteiger partial charge in [0.05, 0.1) is 15.6 Å². The first-order chi connectivity index (χ1) is 9.40. The molecule has 0 aliphatic heterocycles. The molecule has 1 aromatic heterocycles. The molecule has 7 heteroatoms. The summed E-state index contributed by atoms with van der Waals surface area (Å²) in [5.41, 5.74) is 0.580. The minimum absolute atomic E-state index is 0.0706. The molecule has 1 heterocycles. The Morgan fingerprint density at radius 3 is 2.50 bits per heavy atom. The topological polar surface area (TPSA) is 66.4 Å². The molecule has 0 saturated heterocycles. The summed E-state index contributed by atoms with van der Waals surface area (Å²) in [6.45, 7) is 1.32. The molecule has 2 aromatic rings. The van der Waals surface area contributed by atoms with Crippen LogP contribution in [0.2, 0.25) is 10.0 Å². The van der Waals surface area contributed by atoms with Crippen molar-refractivity contribution < 1.29 is 14.7 Å². The van der Waals surface area contributed by atoms with Gasteiger partial charge in [0.15, 0.2) is 5.78 Å². The molecule has 1 amide bonds. The van der Waals surface area contributed by atoms with E-state index >= 15 is 0 Å². The molecule has 0 spiro atoms. The summed E-state index contributed by atoms with van der Waals surface area (Å²) in [4.78, 5) is 23.3. The maximum Gasteiger partial charge on any atom is 0.269 e. The van der Waals surface area contributed by atoms with Crippen LogP contribution in [0.5, 0.6) is 5.75 Å². The molecule has 0 fully saturated rings. The number of ketones is 1. The van der Waals surface area contributed by atoms with Crippen LogP contribution in [0.3, 0.4) is 0 Å². The number of hydrogen-bond donors (Lipinski definition) is 2. The molecule has 20 heavy (non-hydrogen) atoms. The lowest BCUT2D eigenvalue weighted by atomic mass is 10.2. The van der Waals surface area contributed by atoms with Gasteiger partial charge in [0.25, 0.3) is 5.91 Å². The zero-order valence-electron chi connectivity index (χ0n) is 10.2. The molecule has 0 radical (unpaired) electrons. The minimum atomic E-state index is -0.515. The molecule has 1 aromatic carbocycles. The lowest BCUT2D eigenvalue weighted by Crippen LogP contribution is -2.10. The van der Waals surface area contributed by atoms with E-state index in [9.17, 15) is 14.7 Å². The van der Waals surface area contributed by atoms with Crippen molar-refractivity contribution in [2.24, 2.45) is 0 Å². The largest absolute Gasteiger partial charge is 0.505 e. The SMILES string of the molecule is CC(=O)c1csc(C(=O)Nc2ccc(Cl)c(Cl)c2)c1O. The maximum atomic E-state index is 12.0. The standard InChI is InChI=1S/C13H9Cl2NO3S/c1-6(17)8-5-20-12(11(8)18)13(19)16-7-2-3-9(14)10(15)4-7/h2-5,18H,1H3,(H,16,19). The van der Waals surface area contributed by atoms with Crippen LogP contribution in [0.4, 0.5) is 5.69 Å². The van der Waals surface area contributed by atoms with Crippen molar-refractivity contribution in [3.05, 3.63) is 44.1 Å². The van der Waals surface area contributed by atoms with E-state index in [1.54, 1.807) is 12.1 Å². The quantitative estimate of drug-likeness (QED) is 0.828. The number of carbonyl (C=O) groups is 2. The Morgan fingerprint density at radius 2 is 1.95 bits per heavy atom. The molecule has 2 N–H and O–H groups in total. The van der Waals surface area contributed by atoms with Gasteiger partial charge in [-0.25, -0.2) is 0 Å². The van der Waals surface area contributed by atoms with Gasteiger partial charge in [-0.15, -0.1) is 11.3 Å². The summed E-state index contributed by atoms with van der Waals surface area (Å²) in [5, 5.41) is 14.5. The number of thiophene rings is 1. The van der Waals surface area contributed by atoms with Crippen molar-refractivity contribution in [2.75, 3.05) is 5.32 Å². The van der Waals surface area contributed by atoms with Gasteiger partial charge in [-0.05, 0) is 25.1 Å². The highest BCUT2D eigenvalue weighted by atomic mass is 35.5. The van der Waals surface area contributed by atoms with Crippen LogP contribution in [0.25, 0.3) is 0 Å². The van der Waals surface area contributed by atoms with Gasteiger partial charge in [0, 0.05) is 11.1 Å². The molecule has 0 aliphatic carbocycles. The average Bonchev–Trinajstić information content (AvgIpc) is 2.76. The highest BCUT2D eigenvalue weighted by molar-refractivity contribution is 7.13. The number of anilines is 1. The van der Waals surface area contributed by atoms with Gasteiger partial charge in [-0.1, -0.05) is 23.2 Å². The number of benzene rings is 1. The van der Waals surface area contributed by atoms with Gasteiger partial charge < -0.3 is 10.4 Å². The highest BCUT2D eigenvalue weighted by Crippen LogP contribution is 2.31. The van der Waals surface area contributed by atoms with Crippen LogP contribution in [0.1, 0.15) is 27.0 Å². The Balaban J connectivity index is 2.24. The van der Waals surface area contributed by atoms with E-state index in [0.717, 1.165) is 11.3 Å². The van der Waals surface area contributed by atoms with E-state index in [0.29, 0.717) is 15.7 Å². The molecule has 0 bridgehead atoms. The van der Waals surface area contributed by atoms with Crippen molar-refractivity contribution in [3.63, 3.8) is 0 Å². The fourth-order valence-corrected chi connectivity index (χ4v) is 2.72. The zero-order chi connectivity index (χ0) is 14.9. The fraction of sp³-hybridized carbons (Fsp3) is 0.0769. The second-order valence-corrected chi connectivity index (χ2v) is 5.66. The van der Waals surface area contributed by atoms with E-state index in [1.807, 2.05) is 0 Å². The monoisotopic (exact) mass is 329 g/mol. The number of aromatic hydroxyl groups is 1. The molecule has 104 valence electrons. The first kappa shape index (κ1) is 14.8. The van der Waals surface area contributed by atoms with Crippen molar-refractivity contribution in [3.8, 4) is 5.75 Å². The van der Waals surface area contributed by atoms with Gasteiger partial charge in [0.2, 0.25) is 0 Å². The maximum absolute atomic E-state index is 12.0. The average molecular weight is 330 g/mol. The Labute approximate surface area is 128 Å². The number of carbonyl (C=O) groups excluding carboxylic acids is 2. The van der Waals surface area contributed by atoms with Crippen LogP contribution in [0, 0.1) is 0 Å². The van der Waals surface area contributed by atoms with E-state index in [4.69, 9.17) is 23.2 Å². The van der Waals surface area contributed by atoms with E-state index < -0.39 is 5.91 Å². The first-order valence-electron chi connectivity index (χ1n) is 5.48. The second-order valence-electron chi connectivity index (χ2n) is 3.97. The van der Waals surface area contributed by atoms with Gasteiger partial charge in [-0.2, -0.15) is 0 Å². The molecule has 4 nitrogen and oxygen atoms in total. The zero-order valence-corrected chi connectivity index (χ0v) is 12.6. The molecular weight excluding hydrogens is 321 g/mol. The van der Waals surface area contributed by atoms with Crippen molar-refractivity contribution in [2.45, 2.75) is 6.92 Å². The minimum Gasteiger partial charge on any atom is -0.505 e. The second kappa shape index (κ2) is 5.83. The summed E-state index contributed by atoms with van der Waals surface area (Å²) in [6, 6.07) is 4.63. The Kier molecular flexibility index (Phi) is 4.32. The van der Waals surface area contributed by atoms with Gasteiger partial charge in [-0.3, -0.25) is 9.59 Å². The van der Waals surface area contributed by atoms with Gasteiger partial charge in [0.1, 0.15) is 10.6 Å². The molecule has 0 atom stereocenters. The van der Waals surface area contributed by atoms with Crippen molar-refractivity contribution in [1.82, 2.24) is 0 Å². The van der Waals surface area contributed by atoms with Crippen LogP contribution >= 0.6 is 34.5 Å². The van der Waals surface area contributed by atoms with Gasteiger partial charge >= 0.3 is 0 Å². The number of nitrogens with one attached hydrogen (secondary N) is 1. The summed E-state index contributed by atoms with van der Waals surface area (Å²) < 4.78 is 0. The Bertz CT molecular complexity index is 697. The lowest BCUT2D eigenvalue weighted by molar-refractivity contribution is 0.101. The van der Waals surface area contributed by atoms with E-state index in [2.05, 4.69) is 5.32 Å². The summed E-state index contributed by atoms with van der Waals surface area (Å²) in [5.74, 6) is -1.12. The first-order valence-corrected chi connectivity index (χ1v) is 7.11. The molecule has 2 rings (SSSR count). The molecule has 0 unspecified atom stereocenters. The summed E-state index contributed by atoms with van der Waals surface area (Å²) >= 11 is 12.6. The Morgan fingerprint density at radius 1 is 1.25 bits per heavy atom. The summed E-state index contributed by atoms with van der Waals surface area (Å²) in [6.07, 6.45) is 0. The fourth-order valence-electron chi connectivity index (χ4n) is 1.52. The van der Waals surface area contributed by atoms with Crippen molar-refractivity contribution in [1.29, 1.82) is 0 Å². The lowest BCUT2D eigenvalue weighted by Gasteiger charge is -2.05. The van der Waals surface area contributed by atoms with E-state index in [-0.39, 0.29) is 22.0 Å². The summed E-state index contributed by atoms with van der Waals surface area (Å²) in [7, 11) is 0. The number of amides is 1. The molecule has 0 saturated carbocycles. The van der Waals surface area contributed by atoms with Crippen LogP contribution in [-0.4, -0.2) is 16.8 Å². The smallest absolute Gasteiger partial charge is 0.269 e. The number of hydrogen-bond acceptors (Lipinski definition) is 4.